The lowest BCUT2D eigenvalue weighted by molar-refractivity contribution is 0.393. The van der Waals surface area contributed by atoms with E-state index in [1.54, 1.807) is 100 Å². The first-order chi connectivity index (χ1) is 38.3. The molecule has 434 valence electrons. The van der Waals surface area contributed by atoms with Crippen molar-refractivity contribution in [3.8, 4) is 33.8 Å². The zero-order valence-corrected chi connectivity index (χ0v) is 57.1. The van der Waals surface area contributed by atoms with Crippen LogP contribution in [0.15, 0.2) is 45.7 Å². The number of ether oxygens (including phenoxy) is 2. The lowest BCUT2D eigenvalue weighted by Gasteiger charge is -2.13. The van der Waals surface area contributed by atoms with Crippen LogP contribution in [0.1, 0.15) is 104 Å². The SMILES string of the molecule is C.COc1cc2c(cc1-c1c(C)noc1C)[nH]c1nc(C)nc(Cc3c(C)cnn3C(C)C)c12.COc1cc2c(cc1-c1c(C)noc1C)[nH]c1nc(C)nc(Cl)c12.Cc1cnn(C(C)C)c1N.S=S=S=S=S=S=S=S=S=S=S=S=S. The molecule has 8 aromatic heterocycles. The van der Waals surface area contributed by atoms with Crippen LogP contribution >= 0.6 is 11.6 Å². The van der Waals surface area contributed by atoms with Gasteiger partial charge in [-0.25, -0.2) is 24.6 Å². The number of rotatable bonds is 8. The second-order valence-electron chi connectivity index (χ2n) is 18.1. The fourth-order valence-corrected chi connectivity index (χ4v) is 33.8. The van der Waals surface area contributed by atoms with E-state index in [2.05, 4.69) is 91.9 Å². The molecule has 4 N–H and O–H groups in total. The molecule has 0 aliphatic carbocycles. The quantitative estimate of drug-likeness (QED) is 0.121. The molecule has 0 aliphatic heterocycles. The van der Waals surface area contributed by atoms with Gasteiger partial charge in [-0.2, -0.15) is 10.2 Å². The third-order valence-electron chi connectivity index (χ3n) is 12.1. The Bertz CT molecular complexity index is 4390. The van der Waals surface area contributed by atoms with Crippen LogP contribution in [0.25, 0.3) is 66.1 Å². The average Bonchev–Trinajstić information content (AvgIpc) is 4.46. The monoisotopic (exact) mass is 1360 g/mol. The maximum absolute atomic E-state index is 6.33. The Hall–Kier alpha value is -4.41. The van der Waals surface area contributed by atoms with E-state index in [4.69, 9.17) is 68.2 Å². The number of halogens is 1. The molecule has 31 heteroatoms. The van der Waals surface area contributed by atoms with Crippen molar-refractivity contribution in [1.82, 2.24) is 59.8 Å². The summed E-state index contributed by atoms with van der Waals surface area (Å²) in [6.45, 7) is 23.8. The molecule has 0 fully saturated rings. The molecule has 2 aromatic carbocycles. The summed E-state index contributed by atoms with van der Waals surface area (Å²) in [6.07, 6.45) is 4.38. The van der Waals surface area contributed by atoms with Crippen LogP contribution in [-0.2, 0) is 126 Å². The number of nitrogens with two attached hydrogens (primary N) is 1. The van der Waals surface area contributed by atoms with Crippen molar-refractivity contribution < 1.29 is 18.5 Å². The van der Waals surface area contributed by atoms with Crippen molar-refractivity contribution in [3.05, 3.63) is 98.9 Å². The maximum Gasteiger partial charge on any atom is 0.143 e. The predicted octanol–water partition coefficient (Wildman–Crippen LogP) is 11.7. The Kier molecular flexibility index (Phi) is 24.7. The van der Waals surface area contributed by atoms with Gasteiger partial charge in [0.25, 0.3) is 0 Å². The number of anilines is 1. The number of nitrogen functional groups attached to an aromatic ring is 1. The fraction of sp³-hybridized carbons (Fsp3) is 0.360. The molecule has 0 bridgehead atoms. The number of aromatic amines is 2. The minimum atomic E-state index is 0. The molecular weight excluding hydrogens is 1300 g/mol. The van der Waals surface area contributed by atoms with Gasteiger partial charge in [0.1, 0.15) is 56.9 Å². The highest BCUT2D eigenvalue weighted by Crippen LogP contribution is 2.42. The van der Waals surface area contributed by atoms with Gasteiger partial charge in [0.2, 0.25) is 0 Å². The molecule has 0 saturated carbocycles. The summed E-state index contributed by atoms with van der Waals surface area (Å²) >= 11 is 15.7. The van der Waals surface area contributed by atoms with Crippen LogP contribution in [-0.4, -0.2) is 74.0 Å². The summed E-state index contributed by atoms with van der Waals surface area (Å²) < 4.78 is 26.0. The largest absolute Gasteiger partial charge is 0.496 e. The van der Waals surface area contributed by atoms with Gasteiger partial charge in [0.05, 0.1) is 60.2 Å². The normalized spacial score (nSPS) is 10.7. The number of aryl methyl sites for hydroxylation is 8. The number of hydrogen-bond donors (Lipinski definition) is 3. The zero-order valence-electron chi connectivity index (χ0n) is 45.7. The Labute approximate surface area is 515 Å². The molecule has 81 heavy (non-hydrogen) atoms. The van der Waals surface area contributed by atoms with E-state index in [0.29, 0.717) is 29.1 Å². The van der Waals surface area contributed by atoms with Crippen LogP contribution in [0.3, 0.4) is 0 Å². The molecular formula is C50H60ClN13O4S13. The highest BCUT2D eigenvalue weighted by molar-refractivity contribution is 8.75. The Morgan fingerprint density at radius 1 is 0.605 bits per heavy atom. The predicted molar refractivity (Wildman–Crippen MR) is 365 cm³/mol. The van der Waals surface area contributed by atoms with Gasteiger partial charge in [0.15, 0.2) is 0 Å². The molecule has 0 atom stereocenters. The topological polar surface area (TPSA) is 215 Å². The van der Waals surface area contributed by atoms with Crippen LogP contribution in [0.5, 0.6) is 11.5 Å². The number of nitrogens with one attached hydrogen (secondary N) is 2. The van der Waals surface area contributed by atoms with E-state index in [9.17, 15) is 0 Å². The number of hydrogen-bond acceptors (Lipinski definition) is 15. The van der Waals surface area contributed by atoms with Gasteiger partial charge in [0, 0.05) is 188 Å². The summed E-state index contributed by atoms with van der Waals surface area (Å²) in [5.74, 6) is 5.11. The Morgan fingerprint density at radius 3 is 1.44 bits per heavy atom. The third-order valence-corrected chi connectivity index (χ3v) is 34.6. The van der Waals surface area contributed by atoms with Crippen molar-refractivity contribution in [2.45, 2.75) is 109 Å². The number of aromatic nitrogens is 12. The molecule has 8 heterocycles. The molecule has 10 rings (SSSR count). The second kappa shape index (κ2) is 30.4. The van der Waals surface area contributed by atoms with Gasteiger partial charge >= 0.3 is 0 Å². The van der Waals surface area contributed by atoms with Crippen LogP contribution in [0, 0.1) is 55.4 Å². The summed E-state index contributed by atoms with van der Waals surface area (Å²) in [7, 11) is 21.4. The first-order valence-electron chi connectivity index (χ1n) is 24.0. The van der Waals surface area contributed by atoms with E-state index in [1.807, 2.05) is 71.5 Å². The van der Waals surface area contributed by atoms with E-state index in [-0.39, 0.29) is 13.5 Å². The minimum Gasteiger partial charge on any atom is -0.496 e. The highest BCUT2D eigenvalue weighted by atomic mass is 35.5. The standard InChI is InChI=1S/C25H28N6O2.C17H15ClN4O2.C7H13N3.CH4.S13/c1-12(2)31-21(13(3)11-26-31)10-20-24-17-9-22(32-7)18(23-14(4)30-33-15(23)5)8-19(17)29-25(24)28-16(6)27-20;1-7-14(8(2)24-22-7)11-5-12-10(6-13(11)23-4)15-16(18)19-9(3)20-17(15)21-12;1-5(2)10-7(8)6(3)4-9-10;;1-3-5-7-9-11-13-12-10-8-6-4-2/h8-9,11-12H,10H2,1-7H3,(H,27,28,29);5-6H,1-4H3,(H,19,20,21);4-5H,8H2,1-3H3;1H4;. The average molecular weight is 1360 g/mol. The highest BCUT2D eigenvalue weighted by Gasteiger charge is 2.23. The Morgan fingerprint density at radius 2 is 1.04 bits per heavy atom. The molecule has 0 radical (unpaired) electrons. The smallest absolute Gasteiger partial charge is 0.143 e. The molecule has 10 aromatic rings. The van der Waals surface area contributed by atoms with Crippen molar-refractivity contribution >= 4 is 181 Å². The fourth-order valence-electron chi connectivity index (χ4n) is 8.77. The number of nitrogens with zero attached hydrogens (tertiary/aromatic N) is 10. The van der Waals surface area contributed by atoms with Gasteiger partial charge in [-0.05, 0) is 113 Å². The summed E-state index contributed by atoms with van der Waals surface area (Å²) in [5, 5.41) is 21.0. The van der Waals surface area contributed by atoms with E-state index >= 15 is 0 Å². The first-order valence-corrected chi connectivity index (χ1v) is 40.4. The summed E-state index contributed by atoms with van der Waals surface area (Å²) in [5.41, 5.74) is 18.8. The Balaban J connectivity index is 0.000000192. The van der Waals surface area contributed by atoms with Crippen LogP contribution in [0.2, 0.25) is 5.15 Å². The number of benzene rings is 2. The van der Waals surface area contributed by atoms with Crippen LogP contribution in [0.4, 0.5) is 5.82 Å². The van der Waals surface area contributed by atoms with E-state index in [1.165, 1.54) is 17.8 Å². The number of H-pyrrole nitrogens is 2. The van der Waals surface area contributed by atoms with Crippen LogP contribution < -0.4 is 15.2 Å². The number of fused-ring (bicyclic) bond motifs is 6. The van der Waals surface area contributed by atoms with Gasteiger partial charge in [-0.3, -0.25) is 4.68 Å². The summed E-state index contributed by atoms with van der Waals surface area (Å²) in [4.78, 5) is 25.1. The molecule has 0 saturated heterocycles. The van der Waals surface area contributed by atoms with Crippen molar-refractivity contribution in [2.75, 3.05) is 20.0 Å². The molecule has 0 spiro atoms. The maximum atomic E-state index is 6.33. The lowest BCUT2D eigenvalue weighted by atomic mass is 10.00. The molecule has 17 nitrogen and oxygen atoms in total. The van der Waals surface area contributed by atoms with E-state index in [0.717, 1.165) is 129 Å². The van der Waals surface area contributed by atoms with Gasteiger partial charge in [-0.15, -0.1) is 0 Å². The minimum absolute atomic E-state index is 0. The van der Waals surface area contributed by atoms with Crippen molar-refractivity contribution in [3.63, 3.8) is 0 Å². The van der Waals surface area contributed by atoms with Crippen molar-refractivity contribution in [2.24, 2.45) is 0 Å². The van der Waals surface area contributed by atoms with Gasteiger partial charge < -0.3 is 34.2 Å². The first kappa shape index (κ1) is 65.7. The van der Waals surface area contributed by atoms with Crippen molar-refractivity contribution in [1.29, 1.82) is 0 Å². The van der Waals surface area contributed by atoms with E-state index < -0.39 is 0 Å². The molecule has 0 amide bonds. The lowest BCUT2D eigenvalue weighted by Crippen LogP contribution is -2.10. The third kappa shape index (κ3) is 15.7. The number of methoxy groups -OCH3 is 2. The second-order valence-corrected chi connectivity index (χ2v) is 37.9. The molecule has 0 aliphatic rings. The molecule has 0 unspecified atom stereocenters. The van der Waals surface area contributed by atoms with Gasteiger partial charge in [-0.1, -0.05) is 29.3 Å². The summed E-state index contributed by atoms with van der Waals surface area (Å²) in [6, 6.07) is 8.73. The zero-order chi connectivity index (χ0) is 57.9.